The minimum absolute atomic E-state index is 0.216. The Morgan fingerprint density at radius 1 is 1.88 bits per heavy atom. The quantitative estimate of drug-likeness (QED) is 0.355. The van der Waals surface area contributed by atoms with Gasteiger partial charge in [0.05, 0.1) is 0 Å². The molecule has 0 radical (unpaired) electrons. The van der Waals surface area contributed by atoms with Crippen molar-refractivity contribution in [2.45, 2.75) is 6.92 Å². The van der Waals surface area contributed by atoms with Crippen LogP contribution in [0.15, 0.2) is 0 Å². The lowest BCUT2D eigenvalue weighted by Crippen LogP contribution is -1.92. The lowest BCUT2D eigenvalue weighted by Gasteiger charge is -1.73. The van der Waals surface area contributed by atoms with Crippen LogP contribution in [0.4, 0.5) is 0 Å². The van der Waals surface area contributed by atoms with E-state index in [9.17, 15) is 9.36 Å². The van der Waals surface area contributed by atoms with E-state index in [2.05, 4.69) is 4.67 Å². The van der Waals surface area contributed by atoms with Gasteiger partial charge in [0.15, 0.2) is 5.78 Å². The average molecular weight is 137 g/mol. The maximum Gasteiger partial charge on any atom is 0.547 e. The van der Waals surface area contributed by atoms with Crippen molar-refractivity contribution in [1.82, 2.24) is 0 Å². The molecule has 0 spiro atoms. The number of hydrogen-bond acceptors (Lipinski definition) is 4. The fourth-order valence-electron chi connectivity index (χ4n) is 0.211. The van der Waals surface area contributed by atoms with Crippen LogP contribution in [0, 0.1) is 0 Å². The minimum Gasteiger partial charge on any atom is -0.295 e. The van der Waals surface area contributed by atoms with Gasteiger partial charge in [0.25, 0.3) is 0 Å². The van der Waals surface area contributed by atoms with Crippen molar-refractivity contribution in [3.05, 3.63) is 0 Å². The smallest absolute Gasteiger partial charge is 0.295 e. The van der Waals surface area contributed by atoms with Crippen LogP contribution in [-0.2, 0) is 14.0 Å². The van der Waals surface area contributed by atoms with Gasteiger partial charge in [-0.3, -0.25) is 4.79 Å². The number of ketones is 1. The van der Waals surface area contributed by atoms with Gasteiger partial charge in [-0.05, 0) is 11.5 Å². The molecular formula is C3H6O4P+. The molecule has 1 atom stereocenters. The largest absolute Gasteiger partial charge is 0.547 e. The third-order valence-electron chi connectivity index (χ3n) is 0.443. The topological polar surface area (TPSA) is 63.6 Å². The third kappa shape index (κ3) is 3.87. The first-order valence-corrected chi connectivity index (χ1v) is 3.28. The molecule has 0 aliphatic rings. The normalized spacial score (nSPS) is 11.0. The number of hydrogen-bond donors (Lipinski definition) is 1. The Bertz CT molecular complexity index is 110. The average Bonchev–Trinajstić information content (AvgIpc) is 1.65. The van der Waals surface area contributed by atoms with Crippen molar-refractivity contribution in [2.75, 3.05) is 6.16 Å². The molecule has 0 aromatic rings. The zero-order chi connectivity index (χ0) is 6.57. The highest BCUT2D eigenvalue weighted by atomic mass is 31.1. The molecule has 0 bridgehead atoms. The van der Waals surface area contributed by atoms with Gasteiger partial charge in [0, 0.05) is 4.67 Å². The van der Waals surface area contributed by atoms with Gasteiger partial charge in [-0.25, -0.2) is 5.26 Å². The van der Waals surface area contributed by atoms with Crippen LogP contribution in [0.5, 0.6) is 0 Å². The molecule has 0 fully saturated rings. The summed E-state index contributed by atoms with van der Waals surface area (Å²) in [5.74, 6) is -0.264. The molecule has 1 N–H and O–H groups in total. The van der Waals surface area contributed by atoms with Crippen molar-refractivity contribution >= 4 is 13.8 Å². The molecule has 0 rings (SSSR count). The molecule has 1 unspecified atom stereocenters. The second-order valence-corrected chi connectivity index (χ2v) is 2.42. The van der Waals surface area contributed by atoms with Crippen LogP contribution < -0.4 is 0 Å². The molecule has 0 amide bonds. The molecule has 8 heavy (non-hydrogen) atoms. The summed E-state index contributed by atoms with van der Waals surface area (Å²) >= 11 is 0. The Labute approximate surface area is 47.3 Å². The van der Waals surface area contributed by atoms with E-state index < -0.39 is 8.03 Å². The van der Waals surface area contributed by atoms with Crippen LogP contribution in [0.1, 0.15) is 6.92 Å². The van der Waals surface area contributed by atoms with Crippen molar-refractivity contribution in [3.8, 4) is 0 Å². The van der Waals surface area contributed by atoms with Crippen LogP contribution in [0.2, 0.25) is 0 Å². The van der Waals surface area contributed by atoms with Crippen molar-refractivity contribution in [2.24, 2.45) is 0 Å². The summed E-state index contributed by atoms with van der Waals surface area (Å²) in [5, 5.41) is 7.65. The zero-order valence-corrected chi connectivity index (χ0v) is 5.22. The summed E-state index contributed by atoms with van der Waals surface area (Å²) in [4.78, 5) is 10.0. The first kappa shape index (κ1) is 7.69. The summed E-state index contributed by atoms with van der Waals surface area (Å²) in [7, 11) is -2.16. The predicted molar refractivity (Wildman–Crippen MR) is 26.9 cm³/mol. The second-order valence-electron chi connectivity index (χ2n) is 1.27. The Hall–Kier alpha value is -0.310. The van der Waals surface area contributed by atoms with Crippen LogP contribution in [0.25, 0.3) is 0 Å². The molecular weight excluding hydrogens is 131 g/mol. The highest BCUT2D eigenvalue weighted by Crippen LogP contribution is 2.18. The van der Waals surface area contributed by atoms with Crippen molar-refractivity contribution in [1.29, 1.82) is 0 Å². The zero-order valence-electron chi connectivity index (χ0n) is 4.33. The van der Waals surface area contributed by atoms with Crippen molar-refractivity contribution < 1.29 is 19.3 Å². The van der Waals surface area contributed by atoms with Gasteiger partial charge < -0.3 is 0 Å². The third-order valence-corrected chi connectivity index (χ3v) is 1.33. The standard InChI is InChI=1S/C3H5O4P/c1-3(4)2-8(6)7-5/h2H2,1H3/p+1. The molecule has 0 aromatic carbocycles. The molecule has 0 saturated carbocycles. The SMILES string of the molecule is CC(=O)C[P+](=O)OO. The van der Waals surface area contributed by atoms with Crippen LogP contribution >= 0.6 is 8.03 Å². The van der Waals surface area contributed by atoms with Gasteiger partial charge in [-0.15, -0.1) is 0 Å². The maximum absolute atomic E-state index is 10.1. The Balaban J connectivity index is 3.40. The summed E-state index contributed by atoms with van der Waals surface area (Å²) < 4.78 is 13.4. The van der Waals surface area contributed by atoms with E-state index in [-0.39, 0.29) is 11.9 Å². The lowest BCUT2D eigenvalue weighted by molar-refractivity contribution is -0.131. The highest BCUT2D eigenvalue weighted by Gasteiger charge is 2.18. The monoisotopic (exact) mass is 137 g/mol. The highest BCUT2D eigenvalue weighted by molar-refractivity contribution is 7.40. The Kier molecular flexibility index (Phi) is 3.52. The van der Waals surface area contributed by atoms with Crippen LogP contribution in [0.3, 0.4) is 0 Å². The summed E-state index contributed by atoms with van der Waals surface area (Å²) in [6.07, 6.45) is -0.216. The Morgan fingerprint density at radius 3 is 2.50 bits per heavy atom. The number of Topliss-reactive ketones (excluding diaryl/α,β-unsaturated/α-hetero) is 1. The molecule has 0 aliphatic carbocycles. The number of carbonyl (C=O) groups excluding carboxylic acids is 1. The summed E-state index contributed by atoms with van der Waals surface area (Å²) in [6, 6.07) is 0. The van der Waals surface area contributed by atoms with Gasteiger partial charge in [0.1, 0.15) is 0 Å². The molecule has 46 valence electrons. The van der Waals surface area contributed by atoms with E-state index >= 15 is 0 Å². The number of rotatable bonds is 3. The summed E-state index contributed by atoms with van der Waals surface area (Å²) in [6.45, 7) is 1.27. The van der Waals surface area contributed by atoms with E-state index in [1.165, 1.54) is 6.92 Å². The second kappa shape index (κ2) is 3.66. The first-order valence-electron chi connectivity index (χ1n) is 1.92. The summed E-state index contributed by atoms with van der Waals surface area (Å²) in [5.41, 5.74) is 0. The van der Waals surface area contributed by atoms with Gasteiger partial charge in [-0.1, -0.05) is 0 Å². The van der Waals surface area contributed by atoms with E-state index in [4.69, 9.17) is 5.26 Å². The van der Waals surface area contributed by atoms with Crippen LogP contribution in [-0.4, -0.2) is 17.2 Å². The minimum atomic E-state index is -2.16. The van der Waals surface area contributed by atoms with Gasteiger partial charge in [-0.2, -0.15) is 0 Å². The van der Waals surface area contributed by atoms with E-state index in [0.29, 0.717) is 0 Å². The van der Waals surface area contributed by atoms with Gasteiger partial charge >= 0.3 is 8.03 Å². The first-order chi connectivity index (χ1) is 3.66. The fraction of sp³-hybridized carbons (Fsp3) is 0.667. The fourth-order valence-corrected chi connectivity index (χ4v) is 0.632. The Morgan fingerprint density at radius 2 is 2.38 bits per heavy atom. The number of carbonyl (C=O) groups is 1. The molecule has 0 saturated heterocycles. The maximum atomic E-state index is 10.1. The lowest BCUT2D eigenvalue weighted by atomic mass is 10.5. The van der Waals surface area contributed by atoms with E-state index in [1.807, 2.05) is 0 Å². The molecule has 4 nitrogen and oxygen atoms in total. The predicted octanol–water partition coefficient (Wildman–Crippen LogP) is 0.807. The molecule has 5 heteroatoms. The molecule has 0 heterocycles. The van der Waals surface area contributed by atoms with Crippen molar-refractivity contribution in [3.63, 3.8) is 0 Å². The van der Waals surface area contributed by atoms with E-state index in [0.717, 1.165) is 0 Å². The molecule has 0 aliphatic heterocycles. The molecule has 0 aromatic heterocycles. The van der Waals surface area contributed by atoms with Gasteiger partial charge in [0.2, 0.25) is 6.16 Å². The van der Waals surface area contributed by atoms with E-state index in [1.54, 1.807) is 0 Å².